The lowest BCUT2D eigenvalue weighted by Crippen LogP contribution is -2.48. The predicted octanol–water partition coefficient (Wildman–Crippen LogP) is 3.17. The Bertz CT molecular complexity index is 1230. The van der Waals surface area contributed by atoms with Crippen LogP contribution in [0.2, 0.25) is 0 Å². The van der Waals surface area contributed by atoms with Gasteiger partial charge in [0.15, 0.2) is 5.82 Å². The standard InChI is InChI=1S/C26H30N8O3/c1-17-14-36-13-12-33(17)24-30-23(31-25(32-24)34-21-6-7-22(34)16-37-15-21)18-2-4-19(5-3-18)28-26(35)29-20-8-10-27-11-9-20/h2-5,8-11,17,21-22H,6-7,12-16H2,1H3,(H2,27,28,29,35)/t17-,21?,22?/m0/s1. The number of pyridine rings is 1. The molecule has 192 valence electrons. The number of hydrogen-bond donors (Lipinski definition) is 2. The maximum absolute atomic E-state index is 12.4. The van der Waals surface area contributed by atoms with Crippen molar-refractivity contribution in [2.24, 2.45) is 0 Å². The Kier molecular flexibility index (Phi) is 6.54. The van der Waals surface area contributed by atoms with Crippen LogP contribution in [0, 0.1) is 0 Å². The molecule has 3 aromatic rings. The second kappa shape index (κ2) is 10.3. The second-order valence-electron chi connectivity index (χ2n) is 9.60. The van der Waals surface area contributed by atoms with E-state index in [1.54, 1.807) is 24.5 Å². The molecule has 37 heavy (non-hydrogen) atoms. The van der Waals surface area contributed by atoms with Crippen LogP contribution in [0.1, 0.15) is 19.8 Å². The Labute approximate surface area is 215 Å². The van der Waals surface area contributed by atoms with Crippen LogP contribution in [-0.4, -0.2) is 77.1 Å². The molecule has 3 atom stereocenters. The molecule has 2 bridgehead atoms. The van der Waals surface area contributed by atoms with Crippen molar-refractivity contribution < 1.29 is 14.3 Å². The molecule has 1 aromatic carbocycles. The molecule has 0 spiro atoms. The number of benzene rings is 1. The Morgan fingerprint density at radius 2 is 1.54 bits per heavy atom. The van der Waals surface area contributed by atoms with Gasteiger partial charge in [-0.25, -0.2) is 4.79 Å². The minimum absolute atomic E-state index is 0.170. The number of hydrogen-bond acceptors (Lipinski definition) is 9. The quantitative estimate of drug-likeness (QED) is 0.542. The van der Waals surface area contributed by atoms with E-state index >= 15 is 0 Å². The zero-order chi connectivity index (χ0) is 25.2. The first-order valence-corrected chi connectivity index (χ1v) is 12.7. The van der Waals surface area contributed by atoms with E-state index in [0.29, 0.717) is 55.5 Å². The molecule has 5 heterocycles. The number of amides is 2. The normalized spacial score (nSPS) is 23.1. The first-order chi connectivity index (χ1) is 18.1. The Balaban J connectivity index is 1.27. The smallest absolute Gasteiger partial charge is 0.323 e. The number of carbonyl (C=O) groups is 1. The monoisotopic (exact) mass is 502 g/mol. The summed E-state index contributed by atoms with van der Waals surface area (Å²) in [6.07, 6.45) is 5.41. The summed E-state index contributed by atoms with van der Waals surface area (Å²) >= 11 is 0. The number of fused-ring (bicyclic) bond motifs is 2. The first-order valence-electron chi connectivity index (χ1n) is 12.7. The number of nitrogens with one attached hydrogen (secondary N) is 2. The van der Waals surface area contributed by atoms with E-state index in [9.17, 15) is 4.79 Å². The number of ether oxygens (including phenoxy) is 2. The topological polar surface area (TPSA) is 118 Å². The van der Waals surface area contributed by atoms with Crippen molar-refractivity contribution in [1.82, 2.24) is 19.9 Å². The molecule has 11 heteroatoms. The van der Waals surface area contributed by atoms with Gasteiger partial charge >= 0.3 is 6.03 Å². The van der Waals surface area contributed by atoms with E-state index in [2.05, 4.69) is 32.3 Å². The highest BCUT2D eigenvalue weighted by Gasteiger charge is 2.39. The molecule has 2 unspecified atom stereocenters. The lowest BCUT2D eigenvalue weighted by atomic mass is 10.2. The van der Waals surface area contributed by atoms with Crippen molar-refractivity contribution in [3.63, 3.8) is 0 Å². The van der Waals surface area contributed by atoms with E-state index in [-0.39, 0.29) is 24.2 Å². The highest BCUT2D eigenvalue weighted by atomic mass is 16.5. The van der Waals surface area contributed by atoms with E-state index in [1.807, 2.05) is 24.3 Å². The molecule has 3 aliphatic rings. The van der Waals surface area contributed by atoms with E-state index in [0.717, 1.165) is 24.9 Å². The van der Waals surface area contributed by atoms with Crippen molar-refractivity contribution in [3.8, 4) is 11.4 Å². The number of urea groups is 1. The Morgan fingerprint density at radius 1 is 0.865 bits per heavy atom. The molecule has 3 fully saturated rings. The van der Waals surface area contributed by atoms with Crippen LogP contribution >= 0.6 is 0 Å². The van der Waals surface area contributed by atoms with Crippen LogP contribution in [0.3, 0.4) is 0 Å². The van der Waals surface area contributed by atoms with Crippen molar-refractivity contribution in [2.45, 2.75) is 37.9 Å². The van der Waals surface area contributed by atoms with Crippen LogP contribution < -0.4 is 20.4 Å². The van der Waals surface area contributed by atoms with Gasteiger partial charge in [0.25, 0.3) is 0 Å². The summed E-state index contributed by atoms with van der Waals surface area (Å²) < 4.78 is 11.4. The SMILES string of the molecule is C[C@H]1COCCN1c1nc(-c2ccc(NC(=O)Nc3ccncc3)cc2)nc(N2C3CCC2COC3)n1. The number of carbonyl (C=O) groups excluding carboxylic acids is 1. The molecule has 2 amide bonds. The van der Waals surface area contributed by atoms with Gasteiger partial charge in [0.1, 0.15) is 0 Å². The van der Waals surface area contributed by atoms with Gasteiger partial charge in [-0.2, -0.15) is 15.0 Å². The number of anilines is 4. The lowest BCUT2D eigenvalue weighted by molar-refractivity contribution is 0.0895. The molecule has 2 aromatic heterocycles. The van der Waals surface area contributed by atoms with Gasteiger partial charge in [-0.15, -0.1) is 0 Å². The minimum atomic E-state index is -0.326. The largest absolute Gasteiger partial charge is 0.377 e. The summed E-state index contributed by atoms with van der Waals surface area (Å²) in [4.78, 5) is 35.6. The lowest BCUT2D eigenvalue weighted by Gasteiger charge is -2.36. The highest BCUT2D eigenvalue weighted by Crippen LogP contribution is 2.34. The van der Waals surface area contributed by atoms with Gasteiger partial charge in [-0.3, -0.25) is 4.98 Å². The maximum Gasteiger partial charge on any atom is 0.323 e. The van der Waals surface area contributed by atoms with E-state index in [4.69, 9.17) is 24.4 Å². The van der Waals surface area contributed by atoms with Crippen LogP contribution in [0.15, 0.2) is 48.8 Å². The van der Waals surface area contributed by atoms with E-state index < -0.39 is 0 Å². The second-order valence-corrected chi connectivity index (χ2v) is 9.60. The summed E-state index contributed by atoms with van der Waals surface area (Å²) in [5.74, 6) is 1.98. The number of nitrogens with zero attached hydrogens (tertiary/aromatic N) is 6. The summed E-state index contributed by atoms with van der Waals surface area (Å²) in [5.41, 5.74) is 2.19. The molecule has 0 aliphatic carbocycles. The predicted molar refractivity (Wildman–Crippen MR) is 140 cm³/mol. The van der Waals surface area contributed by atoms with Gasteiger partial charge in [0.2, 0.25) is 11.9 Å². The minimum Gasteiger partial charge on any atom is -0.377 e. The molecule has 0 radical (unpaired) electrons. The van der Waals surface area contributed by atoms with Gasteiger partial charge in [0, 0.05) is 35.9 Å². The zero-order valence-corrected chi connectivity index (χ0v) is 20.7. The molecule has 3 aliphatic heterocycles. The third kappa shape index (κ3) is 5.05. The third-order valence-electron chi connectivity index (χ3n) is 7.05. The molecule has 2 N–H and O–H groups in total. The maximum atomic E-state index is 12.4. The number of aromatic nitrogens is 4. The average Bonchev–Trinajstić information content (AvgIpc) is 3.17. The number of rotatable bonds is 5. The summed E-state index contributed by atoms with van der Waals surface area (Å²) in [6.45, 7) is 5.53. The van der Waals surface area contributed by atoms with Crippen molar-refractivity contribution >= 4 is 29.3 Å². The van der Waals surface area contributed by atoms with E-state index in [1.165, 1.54) is 0 Å². The first kappa shape index (κ1) is 23.6. The fourth-order valence-electron chi connectivity index (χ4n) is 5.14. The number of morpholine rings is 2. The van der Waals surface area contributed by atoms with Gasteiger partial charge in [0.05, 0.1) is 44.6 Å². The average molecular weight is 503 g/mol. The summed E-state index contributed by atoms with van der Waals surface area (Å²) in [5, 5.41) is 5.64. The molecule has 6 rings (SSSR count). The molecule has 0 saturated carbocycles. The van der Waals surface area contributed by atoms with Gasteiger partial charge in [-0.05, 0) is 56.2 Å². The van der Waals surface area contributed by atoms with Crippen molar-refractivity contribution in [1.29, 1.82) is 0 Å². The van der Waals surface area contributed by atoms with Crippen LogP contribution in [-0.2, 0) is 9.47 Å². The fourth-order valence-corrected chi connectivity index (χ4v) is 5.14. The molecular formula is C26H30N8O3. The summed E-state index contributed by atoms with van der Waals surface area (Å²) in [6, 6.07) is 11.4. The fraction of sp³-hybridized carbons (Fsp3) is 0.423. The van der Waals surface area contributed by atoms with Crippen LogP contribution in [0.4, 0.5) is 28.1 Å². The zero-order valence-electron chi connectivity index (χ0n) is 20.7. The Hall–Kier alpha value is -3.83. The summed E-state index contributed by atoms with van der Waals surface area (Å²) in [7, 11) is 0. The van der Waals surface area contributed by atoms with Crippen LogP contribution in [0.25, 0.3) is 11.4 Å². The van der Waals surface area contributed by atoms with Crippen molar-refractivity contribution in [3.05, 3.63) is 48.8 Å². The Morgan fingerprint density at radius 3 is 2.24 bits per heavy atom. The molecular weight excluding hydrogens is 472 g/mol. The molecule has 3 saturated heterocycles. The highest BCUT2D eigenvalue weighted by molar-refractivity contribution is 5.99. The third-order valence-corrected chi connectivity index (χ3v) is 7.05. The van der Waals surface area contributed by atoms with Crippen molar-refractivity contribution in [2.75, 3.05) is 53.4 Å². The van der Waals surface area contributed by atoms with Gasteiger partial charge < -0.3 is 29.9 Å². The van der Waals surface area contributed by atoms with Gasteiger partial charge in [-0.1, -0.05) is 0 Å². The van der Waals surface area contributed by atoms with Crippen LogP contribution in [0.5, 0.6) is 0 Å². The molecule has 11 nitrogen and oxygen atoms in total.